The molecule has 1 fully saturated rings. The van der Waals surface area contributed by atoms with Crippen LogP contribution in [0.2, 0.25) is 0 Å². The third-order valence-electron chi connectivity index (χ3n) is 2.61. The van der Waals surface area contributed by atoms with E-state index in [0.717, 1.165) is 0 Å². The molecule has 0 aromatic carbocycles. The Kier molecular flexibility index (Phi) is 4.44. The van der Waals surface area contributed by atoms with Gasteiger partial charge in [-0.25, -0.2) is 0 Å². The smallest absolute Gasteiger partial charge is 0.235 e. The minimum absolute atomic E-state index is 0.104. The Hall–Kier alpha value is -0.940. The standard InChI is InChI=1S/C11H19NO4/c1-11(2)8-9(13)12(10(11)14)4-5-16-7-6-15-3/h4-8H2,1-3H3. The van der Waals surface area contributed by atoms with Crippen LogP contribution in [-0.4, -0.2) is 50.2 Å². The van der Waals surface area contributed by atoms with Crippen molar-refractivity contribution in [3.8, 4) is 0 Å². The topological polar surface area (TPSA) is 55.8 Å². The molecular weight excluding hydrogens is 210 g/mol. The summed E-state index contributed by atoms with van der Waals surface area (Å²) in [6.07, 6.45) is 0.296. The first-order valence-electron chi connectivity index (χ1n) is 5.40. The Labute approximate surface area is 95.7 Å². The molecule has 1 aliphatic rings. The molecule has 1 heterocycles. The van der Waals surface area contributed by atoms with Crippen molar-refractivity contribution in [3.63, 3.8) is 0 Å². The van der Waals surface area contributed by atoms with E-state index in [1.165, 1.54) is 4.90 Å². The first kappa shape index (κ1) is 13.1. The van der Waals surface area contributed by atoms with Crippen molar-refractivity contribution in [2.75, 3.05) is 33.5 Å². The molecule has 0 saturated carbocycles. The number of rotatable bonds is 6. The summed E-state index contributed by atoms with van der Waals surface area (Å²) in [5, 5.41) is 0. The minimum Gasteiger partial charge on any atom is -0.382 e. The molecule has 0 unspecified atom stereocenters. The van der Waals surface area contributed by atoms with Crippen LogP contribution in [0.25, 0.3) is 0 Å². The van der Waals surface area contributed by atoms with Gasteiger partial charge in [0, 0.05) is 13.5 Å². The van der Waals surface area contributed by atoms with Gasteiger partial charge in [0.1, 0.15) is 0 Å². The molecule has 0 aliphatic carbocycles. The summed E-state index contributed by atoms with van der Waals surface area (Å²) in [6, 6.07) is 0. The predicted molar refractivity (Wildman–Crippen MR) is 57.8 cm³/mol. The third-order valence-corrected chi connectivity index (χ3v) is 2.61. The highest BCUT2D eigenvalue weighted by molar-refractivity contribution is 6.05. The molecule has 0 radical (unpaired) electrons. The van der Waals surface area contributed by atoms with Crippen molar-refractivity contribution in [1.29, 1.82) is 0 Å². The second kappa shape index (κ2) is 5.41. The lowest BCUT2D eigenvalue weighted by atomic mass is 9.92. The van der Waals surface area contributed by atoms with Gasteiger partial charge in [-0.1, -0.05) is 13.8 Å². The first-order valence-corrected chi connectivity index (χ1v) is 5.40. The molecule has 5 heteroatoms. The van der Waals surface area contributed by atoms with Crippen LogP contribution in [0.5, 0.6) is 0 Å². The van der Waals surface area contributed by atoms with Gasteiger partial charge in [0.15, 0.2) is 0 Å². The SMILES string of the molecule is COCCOCCN1C(=O)CC(C)(C)C1=O. The molecule has 1 rings (SSSR count). The largest absolute Gasteiger partial charge is 0.382 e. The highest BCUT2D eigenvalue weighted by Gasteiger charge is 2.44. The Morgan fingerprint density at radius 2 is 1.94 bits per heavy atom. The van der Waals surface area contributed by atoms with Crippen LogP contribution in [0, 0.1) is 5.41 Å². The lowest BCUT2D eigenvalue weighted by Gasteiger charge is -2.17. The Balaban J connectivity index is 2.32. The highest BCUT2D eigenvalue weighted by Crippen LogP contribution is 2.31. The molecule has 1 saturated heterocycles. The normalized spacial score (nSPS) is 19.6. The van der Waals surface area contributed by atoms with Crippen LogP contribution in [0.3, 0.4) is 0 Å². The molecule has 5 nitrogen and oxygen atoms in total. The maximum atomic E-state index is 11.8. The van der Waals surface area contributed by atoms with Crippen molar-refractivity contribution >= 4 is 11.8 Å². The van der Waals surface area contributed by atoms with Crippen molar-refractivity contribution < 1.29 is 19.1 Å². The number of imide groups is 1. The summed E-state index contributed by atoms with van der Waals surface area (Å²) >= 11 is 0. The number of hydrogen-bond donors (Lipinski definition) is 0. The zero-order valence-corrected chi connectivity index (χ0v) is 10.1. The summed E-state index contributed by atoms with van der Waals surface area (Å²) in [7, 11) is 1.60. The van der Waals surface area contributed by atoms with Gasteiger partial charge in [-0.3, -0.25) is 14.5 Å². The van der Waals surface area contributed by atoms with E-state index in [1.807, 2.05) is 0 Å². The first-order chi connectivity index (χ1) is 7.49. The van der Waals surface area contributed by atoms with Crippen molar-refractivity contribution in [3.05, 3.63) is 0 Å². The van der Waals surface area contributed by atoms with Crippen LogP contribution < -0.4 is 0 Å². The van der Waals surface area contributed by atoms with Crippen LogP contribution in [0.1, 0.15) is 20.3 Å². The van der Waals surface area contributed by atoms with E-state index in [0.29, 0.717) is 32.8 Å². The number of nitrogens with zero attached hydrogens (tertiary/aromatic N) is 1. The number of hydrogen-bond acceptors (Lipinski definition) is 4. The fourth-order valence-electron chi connectivity index (χ4n) is 1.65. The van der Waals surface area contributed by atoms with Gasteiger partial charge in [-0.05, 0) is 0 Å². The fraction of sp³-hybridized carbons (Fsp3) is 0.818. The predicted octanol–water partition coefficient (Wildman–Crippen LogP) is 0.434. The summed E-state index contributed by atoms with van der Waals surface area (Å²) < 4.78 is 10.0. The monoisotopic (exact) mass is 229 g/mol. The molecule has 0 spiro atoms. The van der Waals surface area contributed by atoms with E-state index in [4.69, 9.17) is 9.47 Å². The summed E-state index contributed by atoms with van der Waals surface area (Å²) in [6.45, 7) is 5.29. The van der Waals surface area contributed by atoms with E-state index < -0.39 is 5.41 Å². The molecule has 16 heavy (non-hydrogen) atoms. The molecular formula is C11H19NO4. The Bertz CT molecular complexity index is 275. The van der Waals surface area contributed by atoms with Gasteiger partial charge in [0.05, 0.1) is 31.8 Å². The maximum Gasteiger partial charge on any atom is 0.235 e. The number of amides is 2. The van der Waals surface area contributed by atoms with E-state index in [1.54, 1.807) is 21.0 Å². The summed E-state index contributed by atoms with van der Waals surface area (Å²) in [5.74, 6) is -0.210. The quantitative estimate of drug-likeness (QED) is 0.489. The number of carbonyl (C=O) groups is 2. The van der Waals surface area contributed by atoms with E-state index in [2.05, 4.69) is 0 Å². The average Bonchev–Trinajstić information content (AvgIpc) is 2.39. The zero-order chi connectivity index (χ0) is 12.2. The van der Waals surface area contributed by atoms with E-state index in [-0.39, 0.29) is 11.8 Å². The van der Waals surface area contributed by atoms with Gasteiger partial charge >= 0.3 is 0 Å². The minimum atomic E-state index is -0.552. The maximum absolute atomic E-state index is 11.8. The van der Waals surface area contributed by atoms with Gasteiger partial charge in [0.25, 0.3) is 0 Å². The molecule has 0 bridgehead atoms. The van der Waals surface area contributed by atoms with Crippen LogP contribution in [-0.2, 0) is 19.1 Å². The van der Waals surface area contributed by atoms with Crippen LogP contribution in [0.4, 0.5) is 0 Å². The van der Waals surface area contributed by atoms with Crippen LogP contribution >= 0.6 is 0 Å². The lowest BCUT2D eigenvalue weighted by molar-refractivity contribution is -0.141. The number of likely N-dealkylation sites (tertiary alicyclic amines) is 1. The van der Waals surface area contributed by atoms with E-state index in [9.17, 15) is 9.59 Å². The van der Waals surface area contributed by atoms with Gasteiger partial charge in [-0.2, -0.15) is 0 Å². The fourth-order valence-corrected chi connectivity index (χ4v) is 1.65. The molecule has 1 aliphatic heterocycles. The van der Waals surface area contributed by atoms with Crippen molar-refractivity contribution in [1.82, 2.24) is 4.90 Å². The lowest BCUT2D eigenvalue weighted by Crippen LogP contribution is -2.35. The van der Waals surface area contributed by atoms with Gasteiger partial charge in [0.2, 0.25) is 11.8 Å². The summed E-state index contributed by atoms with van der Waals surface area (Å²) in [5.41, 5.74) is -0.552. The summed E-state index contributed by atoms with van der Waals surface area (Å²) in [4.78, 5) is 24.6. The van der Waals surface area contributed by atoms with Crippen molar-refractivity contribution in [2.45, 2.75) is 20.3 Å². The molecule has 2 amide bonds. The number of ether oxygens (including phenoxy) is 2. The molecule has 0 aromatic rings. The Morgan fingerprint density at radius 3 is 2.44 bits per heavy atom. The highest BCUT2D eigenvalue weighted by atomic mass is 16.5. The molecule has 0 N–H and O–H groups in total. The Morgan fingerprint density at radius 1 is 1.25 bits per heavy atom. The van der Waals surface area contributed by atoms with Crippen molar-refractivity contribution in [2.24, 2.45) is 5.41 Å². The third kappa shape index (κ3) is 3.02. The van der Waals surface area contributed by atoms with Gasteiger partial charge < -0.3 is 9.47 Å². The second-order valence-corrected chi connectivity index (χ2v) is 4.52. The zero-order valence-electron chi connectivity index (χ0n) is 10.1. The van der Waals surface area contributed by atoms with E-state index >= 15 is 0 Å². The van der Waals surface area contributed by atoms with Gasteiger partial charge in [-0.15, -0.1) is 0 Å². The second-order valence-electron chi connectivity index (χ2n) is 4.52. The molecule has 0 aromatic heterocycles. The average molecular weight is 229 g/mol. The van der Waals surface area contributed by atoms with Crippen LogP contribution in [0.15, 0.2) is 0 Å². The number of methoxy groups -OCH3 is 1. The number of carbonyl (C=O) groups excluding carboxylic acids is 2. The molecule has 0 atom stereocenters. The molecule has 92 valence electrons.